The molecule has 0 aliphatic carbocycles. The predicted octanol–water partition coefficient (Wildman–Crippen LogP) is 3.28. The van der Waals surface area contributed by atoms with Gasteiger partial charge in [0.2, 0.25) is 0 Å². The van der Waals surface area contributed by atoms with Crippen LogP contribution < -0.4 is 5.32 Å². The van der Waals surface area contributed by atoms with Crippen molar-refractivity contribution in [3.63, 3.8) is 0 Å². The van der Waals surface area contributed by atoms with Gasteiger partial charge < -0.3 is 10.4 Å². The zero-order valence-electron chi connectivity index (χ0n) is 10.2. The smallest absolute Gasteiger partial charge is 0.123 e. The normalized spacial score (nSPS) is 12.2. The van der Waals surface area contributed by atoms with Crippen LogP contribution >= 0.6 is 0 Å². The van der Waals surface area contributed by atoms with Crippen molar-refractivity contribution in [2.75, 3.05) is 11.9 Å². The molecular weight excluding hydrogens is 229 g/mol. The van der Waals surface area contributed by atoms with Crippen LogP contribution in [-0.2, 0) is 0 Å². The fraction of sp³-hybridized carbons (Fsp3) is 0.200. The number of rotatable bonds is 4. The quantitative estimate of drug-likeness (QED) is 0.866. The summed E-state index contributed by atoms with van der Waals surface area (Å²) in [6, 6.07) is 13.9. The van der Waals surface area contributed by atoms with E-state index in [-0.39, 0.29) is 18.5 Å². The van der Waals surface area contributed by atoms with Crippen molar-refractivity contribution in [2.24, 2.45) is 0 Å². The van der Waals surface area contributed by atoms with Crippen LogP contribution in [0.3, 0.4) is 0 Å². The van der Waals surface area contributed by atoms with E-state index < -0.39 is 0 Å². The number of aryl methyl sites for hydroxylation is 1. The molecule has 2 N–H and O–H groups in total. The van der Waals surface area contributed by atoms with Crippen molar-refractivity contribution >= 4 is 5.69 Å². The zero-order chi connectivity index (χ0) is 13.0. The van der Waals surface area contributed by atoms with E-state index in [4.69, 9.17) is 0 Å². The van der Waals surface area contributed by atoms with Crippen LogP contribution in [0.1, 0.15) is 17.2 Å². The average molecular weight is 245 g/mol. The number of anilines is 1. The third kappa shape index (κ3) is 2.87. The molecule has 0 saturated heterocycles. The van der Waals surface area contributed by atoms with Gasteiger partial charge in [0.25, 0.3) is 0 Å². The number of aliphatic hydroxyl groups excluding tert-OH is 1. The summed E-state index contributed by atoms with van der Waals surface area (Å²) < 4.78 is 13.3. The van der Waals surface area contributed by atoms with Gasteiger partial charge in [0, 0.05) is 5.69 Å². The first kappa shape index (κ1) is 12.6. The SMILES string of the molecule is Cc1ccc(F)cc1C(CO)Nc1ccccc1. The van der Waals surface area contributed by atoms with Gasteiger partial charge in [0.05, 0.1) is 12.6 Å². The third-order valence-electron chi connectivity index (χ3n) is 2.91. The van der Waals surface area contributed by atoms with E-state index in [0.29, 0.717) is 0 Å². The maximum Gasteiger partial charge on any atom is 0.123 e. The van der Waals surface area contributed by atoms with E-state index >= 15 is 0 Å². The number of hydrogen-bond acceptors (Lipinski definition) is 2. The molecule has 2 rings (SSSR count). The Morgan fingerprint density at radius 3 is 2.56 bits per heavy atom. The van der Waals surface area contributed by atoms with E-state index in [0.717, 1.165) is 16.8 Å². The highest BCUT2D eigenvalue weighted by Crippen LogP contribution is 2.22. The molecule has 0 radical (unpaired) electrons. The number of nitrogens with one attached hydrogen (secondary N) is 1. The predicted molar refractivity (Wildman–Crippen MR) is 71.0 cm³/mol. The second-order valence-corrected chi connectivity index (χ2v) is 4.25. The summed E-state index contributed by atoms with van der Waals surface area (Å²) in [5.41, 5.74) is 2.64. The molecule has 0 bridgehead atoms. The summed E-state index contributed by atoms with van der Waals surface area (Å²) in [5.74, 6) is -0.288. The van der Waals surface area contributed by atoms with Gasteiger partial charge >= 0.3 is 0 Å². The van der Waals surface area contributed by atoms with Crippen molar-refractivity contribution in [1.29, 1.82) is 0 Å². The topological polar surface area (TPSA) is 32.3 Å². The summed E-state index contributed by atoms with van der Waals surface area (Å²) in [5, 5.41) is 12.7. The molecule has 3 heteroatoms. The summed E-state index contributed by atoms with van der Waals surface area (Å²) in [4.78, 5) is 0. The molecule has 0 saturated carbocycles. The van der Waals surface area contributed by atoms with E-state index in [1.807, 2.05) is 37.3 Å². The molecular formula is C15H16FNO. The van der Waals surface area contributed by atoms with Crippen molar-refractivity contribution in [3.05, 3.63) is 65.5 Å². The van der Waals surface area contributed by atoms with E-state index in [9.17, 15) is 9.50 Å². The molecule has 1 unspecified atom stereocenters. The van der Waals surface area contributed by atoms with Gasteiger partial charge in [-0.3, -0.25) is 0 Å². The first-order valence-electron chi connectivity index (χ1n) is 5.89. The number of halogens is 1. The largest absolute Gasteiger partial charge is 0.394 e. The Hall–Kier alpha value is -1.87. The molecule has 0 amide bonds. The van der Waals surface area contributed by atoms with Crippen LogP contribution in [0.15, 0.2) is 48.5 Å². The lowest BCUT2D eigenvalue weighted by atomic mass is 10.0. The molecule has 0 spiro atoms. The first-order chi connectivity index (χ1) is 8.70. The van der Waals surface area contributed by atoms with Crippen molar-refractivity contribution < 1.29 is 9.50 Å². The molecule has 1 atom stereocenters. The van der Waals surface area contributed by atoms with Gasteiger partial charge in [-0.2, -0.15) is 0 Å². The molecule has 18 heavy (non-hydrogen) atoms. The van der Waals surface area contributed by atoms with Crippen molar-refractivity contribution in [3.8, 4) is 0 Å². The molecule has 2 aromatic rings. The maximum atomic E-state index is 13.3. The molecule has 0 heterocycles. The Morgan fingerprint density at radius 2 is 1.89 bits per heavy atom. The lowest BCUT2D eigenvalue weighted by Crippen LogP contribution is -2.16. The molecule has 0 fully saturated rings. The van der Waals surface area contributed by atoms with Crippen LogP contribution in [0.25, 0.3) is 0 Å². The highest BCUT2D eigenvalue weighted by molar-refractivity contribution is 5.46. The molecule has 2 nitrogen and oxygen atoms in total. The van der Waals surface area contributed by atoms with Gasteiger partial charge in [0.15, 0.2) is 0 Å². The zero-order valence-corrected chi connectivity index (χ0v) is 10.2. The Kier molecular flexibility index (Phi) is 3.95. The second kappa shape index (κ2) is 5.65. The van der Waals surface area contributed by atoms with Crippen LogP contribution in [0.4, 0.5) is 10.1 Å². The van der Waals surface area contributed by atoms with Gasteiger partial charge in [0.1, 0.15) is 5.82 Å². The lowest BCUT2D eigenvalue weighted by molar-refractivity contribution is 0.276. The minimum absolute atomic E-state index is 0.0841. The Bertz CT molecular complexity index is 513. The number of benzene rings is 2. The molecule has 94 valence electrons. The molecule has 2 aromatic carbocycles. The highest BCUT2D eigenvalue weighted by Gasteiger charge is 2.13. The fourth-order valence-corrected chi connectivity index (χ4v) is 1.94. The fourth-order valence-electron chi connectivity index (χ4n) is 1.94. The van der Waals surface area contributed by atoms with Crippen LogP contribution in [0, 0.1) is 12.7 Å². The number of hydrogen-bond donors (Lipinski definition) is 2. The van der Waals surface area contributed by atoms with Crippen molar-refractivity contribution in [2.45, 2.75) is 13.0 Å². The van der Waals surface area contributed by atoms with E-state index in [1.54, 1.807) is 6.07 Å². The minimum Gasteiger partial charge on any atom is -0.394 e. The van der Waals surface area contributed by atoms with Crippen molar-refractivity contribution in [1.82, 2.24) is 0 Å². The summed E-state index contributed by atoms with van der Waals surface area (Å²) >= 11 is 0. The lowest BCUT2D eigenvalue weighted by Gasteiger charge is -2.20. The van der Waals surface area contributed by atoms with Gasteiger partial charge in [-0.15, -0.1) is 0 Å². The van der Waals surface area contributed by atoms with Crippen LogP contribution in [0.5, 0.6) is 0 Å². The minimum atomic E-state index is -0.303. The van der Waals surface area contributed by atoms with Crippen LogP contribution in [0.2, 0.25) is 0 Å². The molecule has 0 aliphatic rings. The van der Waals surface area contributed by atoms with Gasteiger partial charge in [-0.25, -0.2) is 4.39 Å². The third-order valence-corrected chi connectivity index (χ3v) is 2.91. The highest BCUT2D eigenvalue weighted by atomic mass is 19.1. The average Bonchev–Trinajstić information content (AvgIpc) is 2.40. The molecule has 0 aromatic heterocycles. The Labute approximate surface area is 106 Å². The number of para-hydroxylation sites is 1. The van der Waals surface area contributed by atoms with Crippen LogP contribution in [-0.4, -0.2) is 11.7 Å². The number of aliphatic hydroxyl groups is 1. The first-order valence-corrected chi connectivity index (χ1v) is 5.89. The monoisotopic (exact) mass is 245 g/mol. The summed E-state index contributed by atoms with van der Waals surface area (Å²) in [6.45, 7) is 1.82. The summed E-state index contributed by atoms with van der Waals surface area (Å²) in [6.07, 6.45) is 0. The maximum absolute atomic E-state index is 13.3. The Morgan fingerprint density at radius 1 is 1.17 bits per heavy atom. The molecule has 0 aliphatic heterocycles. The van der Waals surface area contributed by atoms with E-state index in [2.05, 4.69) is 5.32 Å². The Balaban J connectivity index is 2.26. The standard InChI is InChI=1S/C15H16FNO/c1-11-7-8-12(16)9-14(11)15(10-18)17-13-5-3-2-4-6-13/h2-9,15,17-18H,10H2,1H3. The second-order valence-electron chi connectivity index (χ2n) is 4.25. The summed E-state index contributed by atoms with van der Waals surface area (Å²) in [7, 11) is 0. The van der Waals surface area contributed by atoms with Gasteiger partial charge in [-0.05, 0) is 42.3 Å². The van der Waals surface area contributed by atoms with Gasteiger partial charge in [-0.1, -0.05) is 24.3 Å². The van der Waals surface area contributed by atoms with E-state index in [1.165, 1.54) is 12.1 Å².